The smallest absolute Gasteiger partial charge is 0.213 e. The largest absolute Gasteiger partial charge is 0.507 e. The van der Waals surface area contributed by atoms with E-state index in [1.54, 1.807) is 6.20 Å². The fourth-order valence-electron chi connectivity index (χ4n) is 3.07. The number of rotatable bonds is 4. The molecule has 0 amide bonds. The molecule has 1 fully saturated rings. The van der Waals surface area contributed by atoms with Gasteiger partial charge in [0.25, 0.3) is 0 Å². The number of phenols is 2. The van der Waals surface area contributed by atoms with Crippen LogP contribution in [0.5, 0.6) is 11.5 Å². The van der Waals surface area contributed by atoms with Crippen molar-refractivity contribution in [2.45, 2.75) is 6.54 Å². The summed E-state index contributed by atoms with van der Waals surface area (Å²) >= 11 is 5.99. The lowest BCUT2D eigenvalue weighted by molar-refractivity contribution is 0.240. The van der Waals surface area contributed by atoms with Gasteiger partial charge in [-0.05, 0) is 6.07 Å². The number of nitrogens with zero attached hydrogens (tertiary/aromatic N) is 5. The minimum atomic E-state index is -0.167. The molecular formula is C16H17ClN6O3. The first-order valence-corrected chi connectivity index (χ1v) is 8.48. The van der Waals surface area contributed by atoms with E-state index in [1.807, 2.05) is 0 Å². The molecule has 0 radical (unpaired) electrons. The van der Waals surface area contributed by atoms with Gasteiger partial charge in [-0.3, -0.25) is 10.00 Å². The van der Waals surface area contributed by atoms with Gasteiger partial charge < -0.3 is 19.6 Å². The lowest BCUT2D eigenvalue weighted by Gasteiger charge is -2.35. The van der Waals surface area contributed by atoms with E-state index in [0.717, 1.165) is 31.9 Å². The zero-order valence-electron chi connectivity index (χ0n) is 13.8. The van der Waals surface area contributed by atoms with Crippen LogP contribution in [0.4, 0.5) is 5.69 Å². The van der Waals surface area contributed by atoms with Gasteiger partial charge in [-0.2, -0.15) is 10.1 Å². The van der Waals surface area contributed by atoms with E-state index in [1.165, 1.54) is 18.5 Å². The average molecular weight is 377 g/mol. The second-order valence-corrected chi connectivity index (χ2v) is 6.46. The molecule has 0 spiro atoms. The molecule has 1 aliphatic heterocycles. The number of aromatic nitrogens is 4. The number of aromatic hydroxyl groups is 2. The summed E-state index contributed by atoms with van der Waals surface area (Å²) < 4.78 is 4.77. The predicted molar refractivity (Wildman–Crippen MR) is 94.2 cm³/mol. The van der Waals surface area contributed by atoms with Crippen LogP contribution in [0.3, 0.4) is 0 Å². The van der Waals surface area contributed by atoms with E-state index < -0.39 is 0 Å². The lowest BCUT2D eigenvalue weighted by atomic mass is 10.1. The highest BCUT2D eigenvalue weighted by atomic mass is 35.5. The second kappa shape index (κ2) is 6.85. The van der Waals surface area contributed by atoms with Gasteiger partial charge in [0.1, 0.15) is 17.2 Å². The standard InChI is InChI=1S/C16H17ClN6O3/c17-11-5-10(13(24)6-14(11)25)16-12(7-19-20-16)23-3-1-22(2-4-23)8-15-18-9-26-21-15/h5-7,9,24-25H,1-4,8H2,(H,19,20). The molecule has 0 bridgehead atoms. The number of nitrogens with one attached hydrogen (secondary N) is 1. The molecule has 1 aromatic carbocycles. The highest BCUT2D eigenvalue weighted by Gasteiger charge is 2.23. The molecule has 26 heavy (non-hydrogen) atoms. The van der Waals surface area contributed by atoms with E-state index in [2.05, 4.69) is 30.1 Å². The molecule has 1 aliphatic rings. The van der Waals surface area contributed by atoms with Crippen LogP contribution in [0.25, 0.3) is 11.3 Å². The Kier molecular flexibility index (Phi) is 4.39. The van der Waals surface area contributed by atoms with Crippen LogP contribution in [-0.2, 0) is 6.54 Å². The molecule has 0 saturated carbocycles. The Hall–Kier alpha value is -2.78. The van der Waals surface area contributed by atoms with Crippen LogP contribution in [0.1, 0.15) is 5.82 Å². The fourth-order valence-corrected chi connectivity index (χ4v) is 3.24. The molecule has 0 aliphatic carbocycles. The Morgan fingerprint density at radius 3 is 2.69 bits per heavy atom. The number of H-pyrrole nitrogens is 1. The number of phenolic OH excluding ortho intramolecular Hbond substituents is 2. The quantitative estimate of drug-likeness (QED) is 0.632. The van der Waals surface area contributed by atoms with Gasteiger partial charge in [0.2, 0.25) is 6.39 Å². The first-order valence-electron chi connectivity index (χ1n) is 8.10. The summed E-state index contributed by atoms with van der Waals surface area (Å²) in [7, 11) is 0. The van der Waals surface area contributed by atoms with Crippen molar-refractivity contribution in [3.05, 3.63) is 35.6 Å². The summed E-state index contributed by atoms with van der Waals surface area (Å²) in [6, 6.07) is 2.73. The van der Waals surface area contributed by atoms with Crippen molar-refractivity contribution in [3.8, 4) is 22.8 Å². The van der Waals surface area contributed by atoms with E-state index in [9.17, 15) is 10.2 Å². The van der Waals surface area contributed by atoms with Crippen LogP contribution in [-0.4, -0.2) is 61.6 Å². The summed E-state index contributed by atoms with van der Waals surface area (Å²) in [4.78, 5) is 8.48. The molecule has 0 atom stereocenters. The minimum Gasteiger partial charge on any atom is -0.507 e. The Labute approximate surface area is 153 Å². The number of hydrogen-bond acceptors (Lipinski definition) is 8. The molecule has 3 N–H and O–H groups in total. The molecule has 2 aromatic heterocycles. The average Bonchev–Trinajstić information content (AvgIpc) is 3.31. The fraction of sp³-hybridized carbons (Fsp3) is 0.312. The summed E-state index contributed by atoms with van der Waals surface area (Å²) in [5, 5.41) is 30.9. The van der Waals surface area contributed by atoms with Gasteiger partial charge in [-0.25, -0.2) is 0 Å². The predicted octanol–water partition coefficient (Wildman–Crippen LogP) is 1.85. The van der Waals surface area contributed by atoms with Gasteiger partial charge >= 0.3 is 0 Å². The van der Waals surface area contributed by atoms with Crippen LogP contribution < -0.4 is 4.90 Å². The van der Waals surface area contributed by atoms with Crippen molar-refractivity contribution in [1.82, 2.24) is 25.2 Å². The number of anilines is 1. The van der Waals surface area contributed by atoms with Gasteiger partial charge in [0, 0.05) is 44.0 Å². The van der Waals surface area contributed by atoms with Crippen molar-refractivity contribution in [2.75, 3.05) is 31.1 Å². The number of benzene rings is 1. The third-order valence-electron chi connectivity index (χ3n) is 4.43. The van der Waals surface area contributed by atoms with E-state index in [0.29, 0.717) is 23.6 Å². The molecular weight excluding hydrogens is 360 g/mol. The van der Waals surface area contributed by atoms with Crippen molar-refractivity contribution < 1.29 is 14.7 Å². The van der Waals surface area contributed by atoms with Gasteiger partial charge in [0.05, 0.1) is 17.3 Å². The number of piperazine rings is 1. The van der Waals surface area contributed by atoms with Crippen molar-refractivity contribution >= 4 is 17.3 Å². The second-order valence-electron chi connectivity index (χ2n) is 6.05. The molecule has 1 saturated heterocycles. The zero-order chi connectivity index (χ0) is 18.1. The molecule has 136 valence electrons. The van der Waals surface area contributed by atoms with Crippen LogP contribution in [0, 0.1) is 0 Å². The third kappa shape index (κ3) is 3.18. The number of aromatic amines is 1. The van der Waals surface area contributed by atoms with Gasteiger partial charge in [-0.15, -0.1) is 0 Å². The SMILES string of the molecule is Oc1cc(O)c(-c2n[nH]cc2N2CCN(Cc3ncon3)CC2)cc1Cl. The first-order chi connectivity index (χ1) is 12.6. The molecule has 10 heteroatoms. The summed E-state index contributed by atoms with van der Waals surface area (Å²) in [6.45, 7) is 3.90. The molecule has 4 rings (SSSR count). The minimum absolute atomic E-state index is 0.0732. The summed E-state index contributed by atoms with van der Waals surface area (Å²) in [5.41, 5.74) is 1.94. The topological polar surface area (TPSA) is 115 Å². The maximum atomic E-state index is 10.2. The third-order valence-corrected chi connectivity index (χ3v) is 4.73. The highest BCUT2D eigenvalue weighted by Crippen LogP contribution is 2.40. The Bertz CT molecular complexity index is 890. The van der Waals surface area contributed by atoms with Crippen LogP contribution >= 0.6 is 11.6 Å². The highest BCUT2D eigenvalue weighted by molar-refractivity contribution is 6.32. The van der Waals surface area contributed by atoms with Crippen LogP contribution in [0.2, 0.25) is 5.02 Å². The Morgan fingerprint density at radius 2 is 1.96 bits per heavy atom. The molecule has 3 aromatic rings. The van der Waals surface area contributed by atoms with E-state index in [4.69, 9.17) is 16.1 Å². The zero-order valence-corrected chi connectivity index (χ0v) is 14.5. The Balaban J connectivity index is 1.51. The van der Waals surface area contributed by atoms with E-state index in [-0.39, 0.29) is 16.5 Å². The van der Waals surface area contributed by atoms with Crippen LogP contribution in [0.15, 0.2) is 29.2 Å². The maximum Gasteiger partial charge on any atom is 0.213 e. The molecule has 3 heterocycles. The van der Waals surface area contributed by atoms with Crippen molar-refractivity contribution in [3.63, 3.8) is 0 Å². The summed E-state index contributed by atoms with van der Waals surface area (Å²) in [5.74, 6) is 0.433. The maximum absolute atomic E-state index is 10.2. The monoisotopic (exact) mass is 376 g/mol. The number of halogens is 1. The molecule has 0 unspecified atom stereocenters. The van der Waals surface area contributed by atoms with E-state index >= 15 is 0 Å². The molecule has 9 nitrogen and oxygen atoms in total. The normalized spacial score (nSPS) is 15.5. The van der Waals surface area contributed by atoms with Gasteiger partial charge in [0.15, 0.2) is 5.82 Å². The lowest BCUT2D eigenvalue weighted by Crippen LogP contribution is -2.46. The number of hydrogen-bond donors (Lipinski definition) is 3. The summed E-state index contributed by atoms with van der Waals surface area (Å²) in [6.07, 6.45) is 3.13. The first kappa shape index (κ1) is 16.7. The van der Waals surface area contributed by atoms with Crippen molar-refractivity contribution in [1.29, 1.82) is 0 Å². The van der Waals surface area contributed by atoms with Gasteiger partial charge in [-0.1, -0.05) is 16.8 Å². The Morgan fingerprint density at radius 1 is 1.15 bits per heavy atom. The van der Waals surface area contributed by atoms with Crippen molar-refractivity contribution in [2.24, 2.45) is 0 Å².